The van der Waals surface area contributed by atoms with Crippen molar-refractivity contribution in [2.75, 3.05) is 19.5 Å². The number of imidazole rings is 1. The lowest BCUT2D eigenvalue weighted by Crippen LogP contribution is -2.46. The molecule has 0 saturated carbocycles. The number of hydrogen-bond acceptors (Lipinski definition) is 7. The SMILES string of the molecule is COc1ncc(-c2nc3c([nH]2)C2(NC3=O)C(=O)Nc3ccccc32)c(OC)n1. The van der Waals surface area contributed by atoms with Gasteiger partial charge in [-0.3, -0.25) is 9.59 Å². The molecule has 1 aromatic carbocycles. The first kappa shape index (κ1) is 16.2. The number of methoxy groups -OCH3 is 2. The van der Waals surface area contributed by atoms with Crippen LogP contribution in [-0.2, 0) is 10.3 Å². The summed E-state index contributed by atoms with van der Waals surface area (Å²) in [4.78, 5) is 41.2. The van der Waals surface area contributed by atoms with Gasteiger partial charge in [-0.25, -0.2) is 9.97 Å². The quantitative estimate of drug-likeness (QED) is 0.615. The van der Waals surface area contributed by atoms with E-state index in [9.17, 15) is 9.59 Å². The molecule has 1 unspecified atom stereocenters. The number of H-pyrrole nitrogens is 1. The smallest absolute Gasteiger partial charge is 0.319 e. The lowest BCUT2D eigenvalue weighted by Gasteiger charge is -2.21. The number of anilines is 1. The first-order valence-electron chi connectivity index (χ1n) is 8.38. The second kappa shape index (κ2) is 5.52. The number of carbonyl (C=O) groups excluding carboxylic acids is 2. The highest BCUT2D eigenvalue weighted by Gasteiger charge is 2.57. The predicted molar refractivity (Wildman–Crippen MR) is 96.0 cm³/mol. The third-order valence-corrected chi connectivity index (χ3v) is 4.88. The molecular weight excluding hydrogens is 364 g/mol. The maximum atomic E-state index is 12.9. The molecule has 0 radical (unpaired) electrons. The molecule has 1 spiro atoms. The molecule has 1 atom stereocenters. The average Bonchev–Trinajstić information content (AvgIpc) is 3.35. The molecule has 5 rings (SSSR count). The second-order valence-electron chi connectivity index (χ2n) is 6.29. The first-order chi connectivity index (χ1) is 13.6. The molecule has 0 fully saturated rings. The second-order valence-corrected chi connectivity index (χ2v) is 6.29. The van der Waals surface area contributed by atoms with E-state index in [2.05, 4.69) is 30.6 Å². The highest BCUT2D eigenvalue weighted by molar-refractivity contribution is 6.15. The van der Waals surface area contributed by atoms with Gasteiger partial charge in [-0.05, 0) is 6.07 Å². The van der Waals surface area contributed by atoms with Gasteiger partial charge in [0, 0.05) is 17.4 Å². The molecule has 0 saturated heterocycles. The van der Waals surface area contributed by atoms with E-state index in [1.54, 1.807) is 12.1 Å². The molecule has 2 aromatic heterocycles. The molecule has 10 nitrogen and oxygen atoms in total. The Balaban J connectivity index is 1.70. The Hall–Kier alpha value is -3.95. The van der Waals surface area contributed by atoms with Gasteiger partial charge in [0.15, 0.2) is 11.2 Å². The Morgan fingerprint density at radius 2 is 1.89 bits per heavy atom. The minimum Gasteiger partial charge on any atom is -0.480 e. The molecule has 3 aromatic rings. The van der Waals surface area contributed by atoms with Crippen LogP contribution in [0.4, 0.5) is 5.69 Å². The Labute approximate surface area is 158 Å². The van der Waals surface area contributed by atoms with Crippen molar-refractivity contribution in [3.8, 4) is 23.3 Å². The van der Waals surface area contributed by atoms with Crippen LogP contribution in [0.2, 0.25) is 0 Å². The van der Waals surface area contributed by atoms with Crippen LogP contribution in [0, 0.1) is 0 Å². The monoisotopic (exact) mass is 378 g/mol. The van der Waals surface area contributed by atoms with E-state index in [0.29, 0.717) is 28.3 Å². The van der Waals surface area contributed by atoms with Crippen molar-refractivity contribution in [1.82, 2.24) is 25.3 Å². The summed E-state index contributed by atoms with van der Waals surface area (Å²) in [5, 5.41) is 5.59. The zero-order valence-corrected chi connectivity index (χ0v) is 14.9. The number of aromatic amines is 1. The molecule has 2 amide bonds. The Morgan fingerprint density at radius 1 is 1.07 bits per heavy atom. The van der Waals surface area contributed by atoms with Crippen LogP contribution in [-0.4, -0.2) is 46.0 Å². The van der Waals surface area contributed by atoms with E-state index in [1.807, 2.05) is 12.1 Å². The fraction of sp³-hybridized carbons (Fsp3) is 0.167. The van der Waals surface area contributed by atoms with Crippen LogP contribution in [0.15, 0.2) is 30.5 Å². The van der Waals surface area contributed by atoms with Gasteiger partial charge < -0.3 is 25.1 Å². The van der Waals surface area contributed by atoms with Crippen molar-refractivity contribution in [2.45, 2.75) is 5.54 Å². The number of benzene rings is 1. The summed E-state index contributed by atoms with van der Waals surface area (Å²) in [6.07, 6.45) is 1.48. The number of para-hydroxylation sites is 1. The standard InChI is InChI=1S/C18H14N6O4/c1-27-15-8(7-19-17(23-15)28-2)13-21-11-12(22-13)18(24-14(11)25)9-5-3-4-6-10(9)20-16(18)26/h3-7H,1-2H3,(H,20,26)(H,21,22)(H,24,25). The summed E-state index contributed by atoms with van der Waals surface area (Å²) in [7, 11) is 2.90. The minimum absolute atomic E-state index is 0.137. The molecule has 0 bridgehead atoms. The highest BCUT2D eigenvalue weighted by Crippen LogP contribution is 2.45. The van der Waals surface area contributed by atoms with Crippen LogP contribution in [0.5, 0.6) is 11.9 Å². The van der Waals surface area contributed by atoms with Gasteiger partial charge in [0.1, 0.15) is 5.82 Å². The summed E-state index contributed by atoms with van der Waals surface area (Å²) in [6, 6.07) is 7.33. The third kappa shape index (κ3) is 1.94. The number of rotatable bonds is 3. The number of ether oxygens (including phenoxy) is 2. The third-order valence-electron chi connectivity index (χ3n) is 4.88. The summed E-state index contributed by atoms with van der Waals surface area (Å²) in [6.45, 7) is 0. The molecule has 2 aliphatic rings. The summed E-state index contributed by atoms with van der Waals surface area (Å²) < 4.78 is 10.3. The van der Waals surface area contributed by atoms with E-state index < -0.39 is 11.4 Å². The summed E-state index contributed by atoms with van der Waals surface area (Å²) in [5.74, 6) is -0.257. The Morgan fingerprint density at radius 3 is 2.68 bits per heavy atom. The van der Waals surface area contributed by atoms with E-state index in [-0.39, 0.29) is 23.5 Å². The van der Waals surface area contributed by atoms with Gasteiger partial charge in [-0.15, -0.1) is 0 Å². The van der Waals surface area contributed by atoms with Crippen molar-refractivity contribution < 1.29 is 19.1 Å². The van der Waals surface area contributed by atoms with Crippen LogP contribution < -0.4 is 20.1 Å². The molecule has 10 heteroatoms. The predicted octanol–water partition coefficient (Wildman–Crippen LogP) is 0.823. The highest BCUT2D eigenvalue weighted by atomic mass is 16.5. The fourth-order valence-corrected chi connectivity index (χ4v) is 3.63. The average molecular weight is 378 g/mol. The maximum absolute atomic E-state index is 12.9. The van der Waals surface area contributed by atoms with Crippen LogP contribution in [0.25, 0.3) is 11.4 Å². The first-order valence-corrected chi connectivity index (χ1v) is 8.38. The molecule has 4 heterocycles. The number of aromatic nitrogens is 4. The van der Waals surface area contributed by atoms with Gasteiger partial charge >= 0.3 is 6.01 Å². The van der Waals surface area contributed by atoms with Crippen molar-refractivity contribution in [2.24, 2.45) is 0 Å². The van der Waals surface area contributed by atoms with E-state index in [0.717, 1.165) is 0 Å². The number of nitrogens with one attached hydrogen (secondary N) is 3. The lowest BCUT2D eigenvalue weighted by atomic mass is 9.89. The van der Waals surface area contributed by atoms with E-state index in [1.165, 1.54) is 20.4 Å². The summed E-state index contributed by atoms with van der Waals surface area (Å²) >= 11 is 0. The molecule has 0 aliphatic carbocycles. The molecule has 3 N–H and O–H groups in total. The lowest BCUT2D eigenvalue weighted by molar-refractivity contribution is -0.120. The van der Waals surface area contributed by atoms with Gasteiger partial charge in [-0.2, -0.15) is 4.98 Å². The normalized spacial score (nSPS) is 19.2. The van der Waals surface area contributed by atoms with Gasteiger partial charge in [0.05, 0.1) is 25.5 Å². The largest absolute Gasteiger partial charge is 0.480 e. The zero-order chi connectivity index (χ0) is 19.5. The van der Waals surface area contributed by atoms with Gasteiger partial charge in [-0.1, -0.05) is 18.2 Å². The Kier molecular flexibility index (Phi) is 3.20. The molecule has 28 heavy (non-hydrogen) atoms. The van der Waals surface area contributed by atoms with Crippen molar-refractivity contribution >= 4 is 17.5 Å². The van der Waals surface area contributed by atoms with Gasteiger partial charge in [0.25, 0.3) is 11.8 Å². The van der Waals surface area contributed by atoms with E-state index >= 15 is 0 Å². The maximum Gasteiger partial charge on any atom is 0.319 e. The fourth-order valence-electron chi connectivity index (χ4n) is 3.63. The van der Waals surface area contributed by atoms with Crippen molar-refractivity contribution in [3.63, 3.8) is 0 Å². The van der Waals surface area contributed by atoms with Crippen molar-refractivity contribution in [1.29, 1.82) is 0 Å². The van der Waals surface area contributed by atoms with Crippen molar-refractivity contribution in [3.05, 3.63) is 47.4 Å². The number of fused-ring (bicyclic) bond motifs is 4. The van der Waals surface area contributed by atoms with Crippen LogP contribution in [0.1, 0.15) is 21.7 Å². The molecule has 140 valence electrons. The minimum atomic E-state index is -1.35. The topological polar surface area (TPSA) is 131 Å². The molecular formula is C18H14N6O4. The number of nitrogens with zero attached hydrogens (tertiary/aromatic N) is 3. The number of amides is 2. The molecule has 2 aliphatic heterocycles. The number of carbonyl (C=O) groups is 2. The number of hydrogen-bond donors (Lipinski definition) is 3. The van der Waals surface area contributed by atoms with E-state index in [4.69, 9.17) is 9.47 Å². The Bertz CT molecular complexity index is 1160. The van der Waals surface area contributed by atoms with Crippen LogP contribution >= 0.6 is 0 Å². The zero-order valence-electron chi connectivity index (χ0n) is 14.9. The summed E-state index contributed by atoms with van der Waals surface area (Å²) in [5.41, 5.74) is 0.886. The van der Waals surface area contributed by atoms with Crippen LogP contribution in [0.3, 0.4) is 0 Å². The van der Waals surface area contributed by atoms with Gasteiger partial charge in [0.2, 0.25) is 5.88 Å².